The van der Waals surface area contributed by atoms with Crippen molar-refractivity contribution in [2.75, 3.05) is 7.11 Å². The van der Waals surface area contributed by atoms with Crippen molar-refractivity contribution in [2.24, 2.45) is 0 Å². The van der Waals surface area contributed by atoms with Gasteiger partial charge in [-0.25, -0.2) is 4.39 Å². The molecule has 0 saturated heterocycles. The maximum absolute atomic E-state index is 13.3. The maximum atomic E-state index is 13.3. The summed E-state index contributed by atoms with van der Waals surface area (Å²) in [5.41, 5.74) is -0.140. The zero-order valence-electron chi connectivity index (χ0n) is 8.89. The van der Waals surface area contributed by atoms with Crippen LogP contribution in [0.3, 0.4) is 0 Å². The molecule has 2 rings (SSSR count). The number of hydrogen-bond acceptors (Lipinski definition) is 2. The van der Waals surface area contributed by atoms with E-state index in [1.807, 2.05) is 0 Å². The molecule has 84 valence electrons. The van der Waals surface area contributed by atoms with Crippen LogP contribution < -0.4 is 4.74 Å². The Hall–Kier alpha value is -1.63. The molecule has 0 spiro atoms. The molecule has 0 radical (unpaired) electrons. The first kappa shape index (κ1) is 10.9. The molecule has 1 aliphatic rings. The Morgan fingerprint density at radius 2 is 2.06 bits per heavy atom. The molecule has 2 nitrogen and oxygen atoms in total. The lowest BCUT2D eigenvalue weighted by Gasteiger charge is -2.35. The van der Waals surface area contributed by atoms with E-state index < -0.39 is 17.0 Å². The Balaban J connectivity index is 2.51. The minimum Gasteiger partial charge on any atom is -0.494 e. The lowest BCUT2D eigenvalue weighted by atomic mass is 9.65. The molecule has 0 N–H and O–H groups in total. The highest BCUT2D eigenvalue weighted by Crippen LogP contribution is 2.44. The summed E-state index contributed by atoms with van der Waals surface area (Å²) in [7, 11) is 1.28. The van der Waals surface area contributed by atoms with Gasteiger partial charge in [0.1, 0.15) is 0 Å². The lowest BCUT2D eigenvalue weighted by molar-refractivity contribution is 0.316. The third kappa shape index (κ3) is 1.44. The Kier molecular flexibility index (Phi) is 2.55. The molecule has 0 heterocycles. The Morgan fingerprint density at radius 1 is 1.38 bits per heavy atom. The van der Waals surface area contributed by atoms with Crippen LogP contribution in [0.4, 0.5) is 8.78 Å². The van der Waals surface area contributed by atoms with E-state index in [1.165, 1.54) is 13.2 Å². The van der Waals surface area contributed by atoms with Crippen molar-refractivity contribution < 1.29 is 13.5 Å². The van der Waals surface area contributed by atoms with Gasteiger partial charge in [-0.3, -0.25) is 0 Å². The smallest absolute Gasteiger partial charge is 0.200 e. The average molecular weight is 223 g/mol. The van der Waals surface area contributed by atoms with E-state index in [0.29, 0.717) is 18.4 Å². The van der Waals surface area contributed by atoms with Gasteiger partial charge in [0.25, 0.3) is 0 Å². The summed E-state index contributed by atoms with van der Waals surface area (Å²) in [5.74, 6) is -2.11. The minimum atomic E-state index is -1.00. The number of methoxy groups -OCH3 is 1. The van der Waals surface area contributed by atoms with Gasteiger partial charge >= 0.3 is 0 Å². The van der Waals surface area contributed by atoms with E-state index in [4.69, 9.17) is 10.00 Å². The second-order valence-corrected chi connectivity index (χ2v) is 4.02. The van der Waals surface area contributed by atoms with Crippen LogP contribution >= 0.6 is 0 Å². The van der Waals surface area contributed by atoms with Gasteiger partial charge < -0.3 is 4.74 Å². The fourth-order valence-corrected chi connectivity index (χ4v) is 1.98. The van der Waals surface area contributed by atoms with Crippen molar-refractivity contribution in [3.8, 4) is 11.8 Å². The monoisotopic (exact) mass is 223 g/mol. The average Bonchev–Trinajstić information content (AvgIpc) is 2.22. The molecule has 1 fully saturated rings. The predicted octanol–water partition coefficient (Wildman–Crippen LogP) is 2.92. The molecule has 0 atom stereocenters. The van der Waals surface area contributed by atoms with Crippen LogP contribution in [0.2, 0.25) is 0 Å². The second-order valence-electron chi connectivity index (χ2n) is 4.02. The van der Waals surface area contributed by atoms with Gasteiger partial charge in [0.2, 0.25) is 5.82 Å². The van der Waals surface area contributed by atoms with Crippen LogP contribution in [0.5, 0.6) is 5.75 Å². The zero-order valence-corrected chi connectivity index (χ0v) is 8.89. The van der Waals surface area contributed by atoms with Gasteiger partial charge in [0.05, 0.1) is 18.6 Å². The van der Waals surface area contributed by atoms with E-state index >= 15 is 0 Å². The summed E-state index contributed by atoms with van der Waals surface area (Å²) in [6.07, 6.45) is 2.32. The lowest BCUT2D eigenvalue weighted by Crippen LogP contribution is -2.32. The van der Waals surface area contributed by atoms with Gasteiger partial charge in [-0.05, 0) is 37.0 Å². The van der Waals surface area contributed by atoms with Gasteiger partial charge in [-0.15, -0.1) is 0 Å². The number of hydrogen-bond donors (Lipinski definition) is 0. The molecule has 1 aromatic rings. The first-order chi connectivity index (χ1) is 7.63. The number of benzene rings is 1. The molecule has 1 aliphatic carbocycles. The van der Waals surface area contributed by atoms with Crippen LogP contribution in [-0.4, -0.2) is 7.11 Å². The summed E-state index contributed by atoms with van der Waals surface area (Å²) < 4.78 is 31.3. The van der Waals surface area contributed by atoms with Crippen LogP contribution in [0.15, 0.2) is 12.1 Å². The summed E-state index contributed by atoms with van der Waals surface area (Å²) in [5, 5.41) is 9.11. The zero-order chi connectivity index (χ0) is 11.8. The van der Waals surface area contributed by atoms with Gasteiger partial charge in [-0.2, -0.15) is 9.65 Å². The Morgan fingerprint density at radius 3 is 2.50 bits per heavy atom. The van der Waals surface area contributed by atoms with E-state index in [0.717, 1.165) is 12.5 Å². The number of rotatable bonds is 2. The molecule has 0 aromatic heterocycles. The highest BCUT2D eigenvalue weighted by molar-refractivity contribution is 5.41. The van der Waals surface area contributed by atoms with Gasteiger partial charge in [0.15, 0.2) is 11.6 Å². The van der Waals surface area contributed by atoms with E-state index in [2.05, 4.69) is 6.07 Å². The van der Waals surface area contributed by atoms with E-state index in [9.17, 15) is 8.78 Å². The van der Waals surface area contributed by atoms with Crippen molar-refractivity contribution in [1.82, 2.24) is 0 Å². The third-order valence-corrected chi connectivity index (χ3v) is 3.19. The third-order valence-electron chi connectivity index (χ3n) is 3.19. The van der Waals surface area contributed by atoms with Crippen LogP contribution in [0.1, 0.15) is 24.8 Å². The highest BCUT2D eigenvalue weighted by atomic mass is 19.2. The second kappa shape index (κ2) is 3.75. The number of nitriles is 1. The van der Waals surface area contributed by atoms with E-state index in [1.54, 1.807) is 0 Å². The Labute approximate surface area is 92.5 Å². The molecule has 0 amide bonds. The summed E-state index contributed by atoms with van der Waals surface area (Å²) in [6.45, 7) is 0. The summed E-state index contributed by atoms with van der Waals surface area (Å²) in [4.78, 5) is 0. The molecule has 1 aromatic carbocycles. The minimum absolute atomic E-state index is 0.142. The SMILES string of the molecule is COc1cc(C2(C#N)CCC2)cc(F)c1F. The standard InChI is InChI=1S/C12H11F2NO/c1-16-10-6-8(5-9(13)11(10)14)12(7-15)3-2-4-12/h5-6H,2-4H2,1H3. The largest absolute Gasteiger partial charge is 0.494 e. The van der Waals surface area contributed by atoms with Gasteiger partial charge in [0, 0.05) is 0 Å². The van der Waals surface area contributed by atoms with Crippen molar-refractivity contribution in [2.45, 2.75) is 24.7 Å². The molecular formula is C12H11F2NO. The molecule has 1 saturated carbocycles. The Bertz CT molecular complexity index is 461. The molecule has 16 heavy (non-hydrogen) atoms. The van der Waals surface area contributed by atoms with Crippen molar-refractivity contribution >= 4 is 0 Å². The molecule has 0 bridgehead atoms. The first-order valence-corrected chi connectivity index (χ1v) is 5.08. The van der Waals surface area contributed by atoms with Crippen molar-refractivity contribution in [3.63, 3.8) is 0 Å². The number of ether oxygens (including phenoxy) is 1. The maximum Gasteiger partial charge on any atom is 0.200 e. The highest BCUT2D eigenvalue weighted by Gasteiger charge is 2.40. The predicted molar refractivity (Wildman–Crippen MR) is 54.1 cm³/mol. The summed E-state index contributed by atoms with van der Waals surface area (Å²) >= 11 is 0. The van der Waals surface area contributed by atoms with E-state index in [-0.39, 0.29) is 5.75 Å². The quantitative estimate of drug-likeness (QED) is 0.772. The first-order valence-electron chi connectivity index (χ1n) is 5.08. The van der Waals surface area contributed by atoms with Crippen LogP contribution in [0.25, 0.3) is 0 Å². The van der Waals surface area contributed by atoms with Crippen LogP contribution in [-0.2, 0) is 5.41 Å². The number of nitrogens with zero attached hydrogens (tertiary/aromatic N) is 1. The fourth-order valence-electron chi connectivity index (χ4n) is 1.98. The van der Waals surface area contributed by atoms with Gasteiger partial charge in [-0.1, -0.05) is 0 Å². The normalized spacial score (nSPS) is 17.4. The fraction of sp³-hybridized carbons (Fsp3) is 0.417. The summed E-state index contributed by atoms with van der Waals surface area (Å²) in [6, 6.07) is 4.70. The van der Waals surface area contributed by atoms with Crippen molar-refractivity contribution in [1.29, 1.82) is 5.26 Å². The molecule has 0 unspecified atom stereocenters. The molecule has 4 heteroatoms. The molecular weight excluding hydrogens is 212 g/mol. The van der Waals surface area contributed by atoms with Crippen LogP contribution in [0, 0.1) is 23.0 Å². The number of halogens is 2. The topological polar surface area (TPSA) is 33.0 Å². The molecule has 0 aliphatic heterocycles. The van der Waals surface area contributed by atoms with Crippen molar-refractivity contribution in [3.05, 3.63) is 29.3 Å².